The third-order valence-corrected chi connectivity index (χ3v) is 3.63. The Bertz CT molecular complexity index is 369. The van der Waals surface area contributed by atoms with Gasteiger partial charge in [-0.1, -0.05) is 23.7 Å². The lowest BCUT2D eigenvalue weighted by molar-refractivity contribution is 0.0218. The van der Waals surface area contributed by atoms with Crippen LogP contribution in [0.15, 0.2) is 24.3 Å². The second-order valence-electron chi connectivity index (χ2n) is 4.70. The number of nitrogens with zero attached hydrogens (tertiary/aromatic N) is 1. The van der Waals surface area contributed by atoms with Crippen LogP contribution in [-0.2, 0) is 5.60 Å². The molecule has 3 heteroatoms. The molecule has 0 amide bonds. The molecule has 1 N–H and O–H groups in total. The van der Waals surface area contributed by atoms with E-state index in [1.807, 2.05) is 24.3 Å². The first-order valence-electron chi connectivity index (χ1n) is 5.77. The summed E-state index contributed by atoms with van der Waals surface area (Å²) in [5.41, 5.74) is 0.255. The Balaban J connectivity index is 2.23. The Kier molecular flexibility index (Phi) is 3.53. The maximum Gasteiger partial charge on any atom is 0.0909 e. The lowest BCUT2D eigenvalue weighted by Crippen LogP contribution is -2.27. The zero-order valence-electron chi connectivity index (χ0n) is 9.62. The standard InChI is InChI=1S/C13H18ClNO/c1-15-8-3-6-13(16,7-9-15)11-4-2-5-12(14)10-11/h2,4-5,10,16H,3,6-9H2,1H3. The van der Waals surface area contributed by atoms with Crippen molar-refractivity contribution in [3.63, 3.8) is 0 Å². The molecule has 16 heavy (non-hydrogen) atoms. The second-order valence-corrected chi connectivity index (χ2v) is 5.14. The Morgan fingerprint density at radius 3 is 2.88 bits per heavy atom. The highest BCUT2D eigenvalue weighted by Gasteiger charge is 2.31. The van der Waals surface area contributed by atoms with Crippen LogP contribution < -0.4 is 0 Å². The summed E-state index contributed by atoms with van der Waals surface area (Å²) < 4.78 is 0. The van der Waals surface area contributed by atoms with Crippen molar-refractivity contribution >= 4 is 11.6 Å². The van der Waals surface area contributed by atoms with Gasteiger partial charge in [0.25, 0.3) is 0 Å². The zero-order valence-corrected chi connectivity index (χ0v) is 10.4. The molecular weight excluding hydrogens is 222 g/mol. The predicted molar refractivity (Wildman–Crippen MR) is 66.7 cm³/mol. The van der Waals surface area contributed by atoms with E-state index in [1.165, 1.54) is 0 Å². The Labute approximate surface area is 102 Å². The highest BCUT2D eigenvalue weighted by atomic mass is 35.5. The van der Waals surface area contributed by atoms with Crippen molar-refractivity contribution in [1.82, 2.24) is 4.90 Å². The Morgan fingerprint density at radius 2 is 2.12 bits per heavy atom. The van der Waals surface area contributed by atoms with Crippen LogP contribution >= 0.6 is 11.6 Å². The van der Waals surface area contributed by atoms with Crippen LogP contribution in [-0.4, -0.2) is 30.1 Å². The number of hydrogen-bond acceptors (Lipinski definition) is 2. The number of likely N-dealkylation sites (tertiary alicyclic amines) is 1. The summed E-state index contributed by atoms with van der Waals surface area (Å²) in [4.78, 5) is 2.27. The molecule has 1 aliphatic heterocycles. The van der Waals surface area contributed by atoms with Gasteiger partial charge in [-0.2, -0.15) is 0 Å². The van der Waals surface area contributed by atoms with E-state index in [0.29, 0.717) is 5.02 Å². The van der Waals surface area contributed by atoms with Crippen LogP contribution in [0.3, 0.4) is 0 Å². The molecule has 1 heterocycles. The summed E-state index contributed by atoms with van der Waals surface area (Å²) in [6.45, 7) is 1.99. The average Bonchev–Trinajstić information content (AvgIpc) is 2.42. The van der Waals surface area contributed by atoms with Gasteiger partial charge in [0, 0.05) is 11.6 Å². The first-order chi connectivity index (χ1) is 7.60. The van der Waals surface area contributed by atoms with Gasteiger partial charge in [0.15, 0.2) is 0 Å². The quantitative estimate of drug-likeness (QED) is 0.815. The molecule has 1 aromatic carbocycles. The number of hydrogen-bond donors (Lipinski definition) is 1. The second kappa shape index (κ2) is 4.74. The topological polar surface area (TPSA) is 23.5 Å². The number of aliphatic hydroxyl groups is 1. The highest BCUT2D eigenvalue weighted by Crippen LogP contribution is 2.33. The van der Waals surface area contributed by atoms with Crippen molar-refractivity contribution in [2.24, 2.45) is 0 Å². The van der Waals surface area contributed by atoms with E-state index in [2.05, 4.69) is 11.9 Å². The molecule has 1 fully saturated rings. The maximum absolute atomic E-state index is 10.7. The minimum Gasteiger partial charge on any atom is -0.385 e. The molecule has 0 bridgehead atoms. The van der Waals surface area contributed by atoms with Crippen LogP contribution in [0.1, 0.15) is 24.8 Å². The first-order valence-corrected chi connectivity index (χ1v) is 6.15. The van der Waals surface area contributed by atoms with Crippen LogP contribution in [0.4, 0.5) is 0 Å². The van der Waals surface area contributed by atoms with Crippen LogP contribution in [0.2, 0.25) is 5.02 Å². The minimum absolute atomic E-state index is 0.698. The molecule has 1 atom stereocenters. The van der Waals surface area contributed by atoms with Crippen molar-refractivity contribution in [3.05, 3.63) is 34.9 Å². The number of rotatable bonds is 1. The number of benzene rings is 1. The smallest absolute Gasteiger partial charge is 0.0909 e. The van der Waals surface area contributed by atoms with Gasteiger partial charge in [-0.25, -0.2) is 0 Å². The molecule has 0 saturated carbocycles. The summed E-state index contributed by atoms with van der Waals surface area (Å²) in [6.07, 6.45) is 2.63. The van der Waals surface area contributed by atoms with Crippen LogP contribution in [0.5, 0.6) is 0 Å². The van der Waals surface area contributed by atoms with Gasteiger partial charge in [-0.05, 0) is 50.6 Å². The van der Waals surface area contributed by atoms with E-state index in [0.717, 1.165) is 37.9 Å². The van der Waals surface area contributed by atoms with Crippen molar-refractivity contribution in [1.29, 1.82) is 0 Å². The third-order valence-electron chi connectivity index (χ3n) is 3.40. The maximum atomic E-state index is 10.7. The summed E-state index contributed by atoms with van der Waals surface area (Å²) in [5.74, 6) is 0. The molecule has 0 spiro atoms. The molecule has 2 rings (SSSR count). The van der Waals surface area contributed by atoms with E-state index < -0.39 is 5.60 Å². The molecule has 2 nitrogen and oxygen atoms in total. The summed E-state index contributed by atoms with van der Waals surface area (Å²) in [6, 6.07) is 7.60. The molecule has 88 valence electrons. The fourth-order valence-electron chi connectivity index (χ4n) is 2.32. The molecular formula is C13H18ClNO. The summed E-state index contributed by atoms with van der Waals surface area (Å²) in [7, 11) is 2.10. The molecule has 1 aromatic rings. The molecule has 0 aliphatic carbocycles. The van der Waals surface area contributed by atoms with Gasteiger partial charge >= 0.3 is 0 Å². The van der Waals surface area contributed by atoms with Crippen molar-refractivity contribution in [2.45, 2.75) is 24.9 Å². The van der Waals surface area contributed by atoms with Gasteiger partial charge in [0.05, 0.1) is 5.60 Å². The van der Waals surface area contributed by atoms with E-state index in [-0.39, 0.29) is 0 Å². The van der Waals surface area contributed by atoms with Crippen molar-refractivity contribution < 1.29 is 5.11 Å². The molecule has 1 aliphatic rings. The van der Waals surface area contributed by atoms with Crippen LogP contribution in [0, 0.1) is 0 Å². The SMILES string of the molecule is CN1CCCC(O)(c2cccc(Cl)c2)CC1. The zero-order chi connectivity index (χ0) is 11.6. The van der Waals surface area contributed by atoms with Gasteiger partial charge in [0.1, 0.15) is 0 Å². The van der Waals surface area contributed by atoms with Gasteiger partial charge in [0.2, 0.25) is 0 Å². The Morgan fingerprint density at radius 1 is 1.31 bits per heavy atom. The lowest BCUT2D eigenvalue weighted by atomic mass is 9.87. The van der Waals surface area contributed by atoms with Crippen molar-refractivity contribution in [3.8, 4) is 0 Å². The minimum atomic E-state index is -0.699. The lowest BCUT2D eigenvalue weighted by Gasteiger charge is -2.27. The monoisotopic (exact) mass is 239 g/mol. The van der Waals surface area contributed by atoms with Crippen molar-refractivity contribution in [2.75, 3.05) is 20.1 Å². The van der Waals surface area contributed by atoms with E-state index >= 15 is 0 Å². The van der Waals surface area contributed by atoms with Gasteiger partial charge in [-0.15, -0.1) is 0 Å². The molecule has 0 aromatic heterocycles. The predicted octanol–water partition coefficient (Wildman–Crippen LogP) is 2.64. The van der Waals surface area contributed by atoms with E-state index in [4.69, 9.17) is 11.6 Å². The molecule has 1 saturated heterocycles. The first kappa shape index (κ1) is 11.9. The largest absolute Gasteiger partial charge is 0.385 e. The fraction of sp³-hybridized carbons (Fsp3) is 0.538. The fourth-order valence-corrected chi connectivity index (χ4v) is 2.51. The van der Waals surface area contributed by atoms with Gasteiger partial charge < -0.3 is 10.0 Å². The molecule has 0 radical (unpaired) electrons. The average molecular weight is 240 g/mol. The van der Waals surface area contributed by atoms with Crippen LogP contribution in [0.25, 0.3) is 0 Å². The summed E-state index contributed by atoms with van der Waals surface area (Å²) >= 11 is 5.97. The third kappa shape index (κ3) is 2.57. The molecule has 1 unspecified atom stereocenters. The normalized spacial score (nSPS) is 27.7. The number of halogens is 1. The van der Waals surface area contributed by atoms with E-state index in [1.54, 1.807) is 0 Å². The highest BCUT2D eigenvalue weighted by molar-refractivity contribution is 6.30. The van der Waals surface area contributed by atoms with Gasteiger partial charge in [-0.3, -0.25) is 0 Å². The van der Waals surface area contributed by atoms with E-state index in [9.17, 15) is 5.11 Å². The summed E-state index contributed by atoms with van der Waals surface area (Å²) in [5, 5.41) is 11.4. The Hall–Kier alpha value is -0.570.